The molecule has 0 unspecified atom stereocenters. The number of hydrogen-bond acceptors (Lipinski definition) is 3. The number of nitrogens with zero attached hydrogens (tertiary/aromatic N) is 2. The van der Waals surface area contributed by atoms with E-state index in [1.807, 2.05) is 18.2 Å². The highest BCUT2D eigenvalue weighted by molar-refractivity contribution is 9.10. The van der Waals surface area contributed by atoms with Gasteiger partial charge in [0.2, 0.25) is 0 Å². The van der Waals surface area contributed by atoms with E-state index in [1.165, 1.54) is 29.7 Å². The van der Waals surface area contributed by atoms with Crippen LogP contribution in [0.4, 0.5) is 0 Å². The van der Waals surface area contributed by atoms with Crippen LogP contribution in [0.1, 0.15) is 62.4 Å². The predicted octanol–water partition coefficient (Wildman–Crippen LogP) is 5.03. The third-order valence-electron chi connectivity index (χ3n) is 7.08. The molecule has 3 heterocycles. The number of rotatable bonds is 3. The molecule has 1 saturated heterocycles. The molecular weight excluding hydrogens is 426 g/mol. The topological polar surface area (TPSA) is 46.9 Å². The van der Waals surface area contributed by atoms with Crippen molar-refractivity contribution in [2.24, 2.45) is 0 Å². The van der Waals surface area contributed by atoms with E-state index in [4.69, 9.17) is 0 Å². The van der Waals surface area contributed by atoms with Crippen molar-refractivity contribution >= 4 is 26.8 Å². The zero-order valence-corrected chi connectivity index (χ0v) is 18.6. The molecule has 0 amide bonds. The van der Waals surface area contributed by atoms with Crippen LogP contribution in [0.25, 0.3) is 16.6 Å². The summed E-state index contributed by atoms with van der Waals surface area (Å²) in [5, 5.41) is 4.13. The van der Waals surface area contributed by atoms with Crippen molar-refractivity contribution in [2.75, 3.05) is 13.1 Å². The second-order valence-electron chi connectivity index (χ2n) is 8.30. The minimum Gasteiger partial charge on any atom is -0.317 e. The Labute approximate surface area is 179 Å². The molecule has 2 aromatic carbocycles. The van der Waals surface area contributed by atoms with Gasteiger partial charge in [-0.1, -0.05) is 32.0 Å². The van der Waals surface area contributed by atoms with E-state index in [0.717, 1.165) is 41.7 Å². The largest absolute Gasteiger partial charge is 0.317 e. The molecule has 2 aliphatic heterocycles. The average Bonchev–Trinajstić information content (AvgIpc) is 3.03. The minimum absolute atomic E-state index is 0.134. The van der Waals surface area contributed by atoms with Crippen molar-refractivity contribution in [2.45, 2.75) is 50.9 Å². The van der Waals surface area contributed by atoms with Crippen molar-refractivity contribution in [1.29, 1.82) is 0 Å². The monoisotopic (exact) mass is 451 g/mol. The number of nitrogens with one attached hydrogen (secondary N) is 1. The molecule has 3 aromatic rings. The Morgan fingerprint density at radius 1 is 1.17 bits per heavy atom. The number of piperidine rings is 1. The molecule has 29 heavy (non-hydrogen) atoms. The second kappa shape index (κ2) is 7.06. The summed E-state index contributed by atoms with van der Waals surface area (Å²) < 4.78 is 3.17. The van der Waals surface area contributed by atoms with Crippen LogP contribution in [0, 0.1) is 0 Å². The number of halogens is 1. The molecule has 0 bridgehead atoms. The molecule has 1 N–H and O–H groups in total. The summed E-state index contributed by atoms with van der Waals surface area (Å²) in [4.78, 5) is 17.6. The highest BCUT2D eigenvalue weighted by Gasteiger charge is 2.44. The van der Waals surface area contributed by atoms with E-state index in [0.29, 0.717) is 11.3 Å². The lowest BCUT2D eigenvalue weighted by Gasteiger charge is -2.28. The summed E-state index contributed by atoms with van der Waals surface area (Å²) in [6.45, 7) is 6.61. The fourth-order valence-electron chi connectivity index (χ4n) is 5.39. The molecule has 5 heteroatoms. The van der Waals surface area contributed by atoms with Gasteiger partial charge in [0.15, 0.2) is 0 Å². The zero-order valence-electron chi connectivity index (χ0n) is 17.0. The number of aromatic nitrogens is 2. The van der Waals surface area contributed by atoms with Gasteiger partial charge in [-0.2, -0.15) is 4.98 Å². The molecule has 0 aliphatic carbocycles. The number of fused-ring (bicyclic) bond motifs is 5. The summed E-state index contributed by atoms with van der Waals surface area (Å²) in [7, 11) is 0. The Balaban J connectivity index is 1.83. The quantitative estimate of drug-likeness (QED) is 0.606. The molecule has 1 aromatic heterocycles. The summed E-state index contributed by atoms with van der Waals surface area (Å²) in [5.74, 6) is 1.50. The van der Waals surface area contributed by atoms with Crippen LogP contribution in [0.5, 0.6) is 0 Å². The van der Waals surface area contributed by atoms with Gasteiger partial charge in [-0.05, 0) is 89.9 Å². The average molecular weight is 452 g/mol. The molecule has 1 fully saturated rings. The summed E-state index contributed by atoms with van der Waals surface area (Å²) in [6, 6.07) is 12.8. The highest BCUT2D eigenvalue weighted by Crippen LogP contribution is 2.49. The molecule has 2 aliphatic rings. The zero-order chi connectivity index (χ0) is 20.2. The SMILES string of the molecule is CCC1(CC)c2cc(C3CCNCC3)ccc2-n2c1nc(=O)c1cccc(Br)c12. The molecule has 0 saturated carbocycles. The summed E-state index contributed by atoms with van der Waals surface area (Å²) >= 11 is 3.70. The van der Waals surface area contributed by atoms with Gasteiger partial charge in [-0.15, -0.1) is 0 Å². The van der Waals surface area contributed by atoms with Crippen LogP contribution in [0.15, 0.2) is 45.7 Å². The Hall–Kier alpha value is -1.98. The fraction of sp³-hybridized carbons (Fsp3) is 0.417. The second-order valence-corrected chi connectivity index (χ2v) is 9.16. The smallest absolute Gasteiger partial charge is 0.280 e. The van der Waals surface area contributed by atoms with Gasteiger partial charge in [0.25, 0.3) is 5.56 Å². The van der Waals surface area contributed by atoms with E-state index in [9.17, 15) is 4.79 Å². The van der Waals surface area contributed by atoms with E-state index in [-0.39, 0.29) is 11.0 Å². The van der Waals surface area contributed by atoms with Gasteiger partial charge in [0, 0.05) is 4.47 Å². The first-order valence-electron chi connectivity index (χ1n) is 10.7. The molecule has 4 nitrogen and oxygen atoms in total. The van der Waals surface area contributed by atoms with Crippen molar-refractivity contribution < 1.29 is 0 Å². The maximum Gasteiger partial charge on any atom is 0.280 e. The maximum absolute atomic E-state index is 12.9. The Bertz CT molecular complexity index is 1160. The minimum atomic E-state index is -0.221. The predicted molar refractivity (Wildman–Crippen MR) is 121 cm³/mol. The van der Waals surface area contributed by atoms with Crippen LogP contribution < -0.4 is 10.9 Å². The van der Waals surface area contributed by atoms with Gasteiger partial charge in [0.1, 0.15) is 5.82 Å². The molecule has 0 spiro atoms. The lowest BCUT2D eigenvalue weighted by molar-refractivity contribution is 0.452. The van der Waals surface area contributed by atoms with E-state index < -0.39 is 0 Å². The Kier molecular flexibility index (Phi) is 4.63. The van der Waals surface area contributed by atoms with Crippen molar-refractivity contribution in [3.05, 3.63) is 68.2 Å². The van der Waals surface area contributed by atoms with Gasteiger partial charge >= 0.3 is 0 Å². The van der Waals surface area contributed by atoms with Crippen LogP contribution in [0.3, 0.4) is 0 Å². The maximum atomic E-state index is 12.9. The van der Waals surface area contributed by atoms with Crippen LogP contribution >= 0.6 is 15.9 Å². The molecular formula is C24H26BrN3O. The van der Waals surface area contributed by atoms with Gasteiger partial charge < -0.3 is 5.32 Å². The standard InChI is InChI=1S/C24H26BrN3O/c1-3-24(4-2)18-14-16(15-10-12-26-13-11-15)8-9-20(18)28-21-17(6-5-7-19(21)25)22(29)27-23(24)28/h5-9,14-15,26H,3-4,10-13H2,1-2H3. The number of hydrogen-bond donors (Lipinski definition) is 1. The number of para-hydroxylation sites is 1. The van der Waals surface area contributed by atoms with Gasteiger partial charge in [-0.3, -0.25) is 9.36 Å². The fourth-order valence-corrected chi connectivity index (χ4v) is 5.94. The van der Waals surface area contributed by atoms with Gasteiger partial charge in [0.05, 0.1) is 22.0 Å². The third kappa shape index (κ3) is 2.67. The van der Waals surface area contributed by atoms with Crippen molar-refractivity contribution in [1.82, 2.24) is 14.9 Å². The first-order chi connectivity index (χ1) is 14.1. The van der Waals surface area contributed by atoms with E-state index in [2.05, 4.69) is 62.8 Å². The first kappa shape index (κ1) is 19.0. The molecule has 5 rings (SSSR count). The van der Waals surface area contributed by atoms with Crippen molar-refractivity contribution in [3.8, 4) is 5.69 Å². The Morgan fingerprint density at radius 3 is 2.66 bits per heavy atom. The molecule has 0 radical (unpaired) electrons. The third-order valence-corrected chi connectivity index (χ3v) is 7.72. The Morgan fingerprint density at radius 2 is 1.93 bits per heavy atom. The van der Waals surface area contributed by atoms with Crippen LogP contribution in [0.2, 0.25) is 0 Å². The van der Waals surface area contributed by atoms with Crippen LogP contribution in [-0.2, 0) is 5.41 Å². The van der Waals surface area contributed by atoms with E-state index in [1.54, 1.807) is 0 Å². The summed E-state index contributed by atoms with van der Waals surface area (Å²) in [6.07, 6.45) is 4.21. The molecule has 0 atom stereocenters. The first-order valence-corrected chi connectivity index (χ1v) is 11.5. The normalized spacial score (nSPS) is 18.0. The van der Waals surface area contributed by atoms with Gasteiger partial charge in [-0.25, -0.2) is 0 Å². The summed E-state index contributed by atoms with van der Waals surface area (Å²) in [5.41, 5.74) is 4.50. The molecule has 150 valence electrons. The number of benzene rings is 2. The van der Waals surface area contributed by atoms with Crippen molar-refractivity contribution in [3.63, 3.8) is 0 Å². The lowest BCUT2D eigenvalue weighted by atomic mass is 9.75. The highest BCUT2D eigenvalue weighted by atomic mass is 79.9. The van der Waals surface area contributed by atoms with E-state index >= 15 is 0 Å². The lowest BCUT2D eigenvalue weighted by Crippen LogP contribution is -2.29. The van der Waals surface area contributed by atoms with Crippen LogP contribution in [-0.4, -0.2) is 22.6 Å².